The second-order valence-electron chi connectivity index (χ2n) is 3.98. The van der Waals surface area contributed by atoms with Gasteiger partial charge >= 0.3 is 0 Å². The second-order valence-corrected chi connectivity index (χ2v) is 3.98. The Morgan fingerprint density at radius 3 is 2.25 bits per heavy atom. The molecule has 0 aliphatic heterocycles. The van der Waals surface area contributed by atoms with Crippen LogP contribution >= 0.6 is 0 Å². The molecule has 66 valence electrons. The van der Waals surface area contributed by atoms with Crippen LogP contribution in [0.15, 0.2) is 0 Å². The average molecular weight is 163 g/mol. The first kappa shape index (κ1) is 8.13. The van der Waals surface area contributed by atoms with Crippen LogP contribution in [0.1, 0.15) is 25.7 Å². The third-order valence-corrected chi connectivity index (χ3v) is 3.28. The summed E-state index contributed by atoms with van der Waals surface area (Å²) < 4.78 is 0. The van der Waals surface area contributed by atoms with Crippen molar-refractivity contribution in [3.8, 4) is 11.8 Å². The highest BCUT2D eigenvalue weighted by atomic mass is 14.8. The van der Waals surface area contributed by atoms with Crippen LogP contribution in [0.2, 0.25) is 0 Å². The molecule has 0 saturated heterocycles. The largest absolute Gasteiger partial charge is 0.319 e. The highest BCUT2D eigenvalue weighted by Gasteiger charge is 2.47. The fourth-order valence-corrected chi connectivity index (χ4v) is 2.57. The van der Waals surface area contributed by atoms with E-state index in [0.717, 1.165) is 30.6 Å². The molecule has 2 aliphatic carbocycles. The summed E-state index contributed by atoms with van der Waals surface area (Å²) in [6.07, 6.45) is 4.98. The summed E-state index contributed by atoms with van der Waals surface area (Å²) in [5.74, 6) is 9.46. The van der Waals surface area contributed by atoms with E-state index in [2.05, 4.69) is 24.2 Å². The first-order valence-electron chi connectivity index (χ1n) is 5.04. The molecule has 1 fully saturated rings. The molecule has 0 radical (unpaired) electrons. The first-order valence-corrected chi connectivity index (χ1v) is 5.04. The van der Waals surface area contributed by atoms with E-state index in [4.69, 9.17) is 0 Å². The van der Waals surface area contributed by atoms with E-state index in [9.17, 15) is 0 Å². The predicted molar refractivity (Wildman–Crippen MR) is 50.6 cm³/mol. The first-order chi connectivity index (χ1) is 5.93. The minimum atomic E-state index is 0.969. The van der Waals surface area contributed by atoms with Crippen LogP contribution in [0.5, 0.6) is 0 Å². The minimum absolute atomic E-state index is 0.969. The third kappa shape index (κ3) is 1.49. The topological polar surface area (TPSA) is 12.0 Å². The Morgan fingerprint density at radius 2 is 1.75 bits per heavy atom. The molecule has 0 heterocycles. The van der Waals surface area contributed by atoms with Gasteiger partial charge in [-0.1, -0.05) is 0 Å². The van der Waals surface area contributed by atoms with Gasteiger partial charge in [-0.15, -0.1) is 11.8 Å². The Hall–Kier alpha value is -0.480. The summed E-state index contributed by atoms with van der Waals surface area (Å²) in [5.41, 5.74) is 0. The molecule has 12 heavy (non-hydrogen) atoms. The van der Waals surface area contributed by atoms with Crippen molar-refractivity contribution in [3.63, 3.8) is 0 Å². The summed E-state index contributed by atoms with van der Waals surface area (Å²) in [6.45, 7) is 1.22. The van der Waals surface area contributed by atoms with Crippen LogP contribution in [0, 0.1) is 29.6 Å². The molecule has 0 aromatic carbocycles. The molecule has 2 atom stereocenters. The minimum Gasteiger partial charge on any atom is -0.319 e. The molecule has 0 bridgehead atoms. The lowest BCUT2D eigenvalue weighted by Gasteiger charge is -1.96. The molecule has 1 saturated carbocycles. The Labute approximate surface area is 74.9 Å². The van der Waals surface area contributed by atoms with E-state index in [-0.39, 0.29) is 0 Å². The molecule has 1 N–H and O–H groups in total. The van der Waals surface area contributed by atoms with Gasteiger partial charge in [-0.25, -0.2) is 0 Å². The van der Waals surface area contributed by atoms with Crippen molar-refractivity contribution in [2.24, 2.45) is 17.8 Å². The standard InChI is InChI=1S/C11H17N/c1-12-8-11-9-6-4-2-3-5-7-10(9)11/h9-12H,4-8H2,1H3. The van der Waals surface area contributed by atoms with Crippen molar-refractivity contribution in [1.82, 2.24) is 5.32 Å². The van der Waals surface area contributed by atoms with Gasteiger partial charge in [0.2, 0.25) is 0 Å². The molecule has 0 spiro atoms. The summed E-state index contributed by atoms with van der Waals surface area (Å²) in [4.78, 5) is 0. The maximum atomic E-state index is 3.29. The monoisotopic (exact) mass is 163 g/mol. The number of nitrogens with one attached hydrogen (secondary N) is 1. The lowest BCUT2D eigenvalue weighted by Crippen LogP contribution is -2.11. The van der Waals surface area contributed by atoms with Crippen LogP contribution in [0.25, 0.3) is 0 Å². The molecule has 1 nitrogen and oxygen atoms in total. The van der Waals surface area contributed by atoms with Gasteiger partial charge in [0, 0.05) is 12.8 Å². The Bertz CT molecular complexity index is 193. The molecular weight excluding hydrogens is 146 g/mol. The van der Waals surface area contributed by atoms with Gasteiger partial charge in [0.25, 0.3) is 0 Å². The quantitative estimate of drug-likeness (QED) is 0.610. The Balaban J connectivity index is 1.87. The molecule has 0 amide bonds. The maximum Gasteiger partial charge on any atom is 0.00915 e. The lowest BCUT2D eigenvalue weighted by atomic mass is 10.1. The van der Waals surface area contributed by atoms with E-state index in [1.54, 1.807) is 0 Å². The van der Waals surface area contributed by atoms with Crippen LogP contribution in [-0.2, 0) is 0 Å². The lowest BCUT2D eigenvalue weighted by molar-refractivity contribution is 0.618. The summed E-state index contributed by atoms with van der Waals surface area (Å²) in [5, 5.41) is 3.29. The van der Waals surface area contributed by atoms with Gasteiger partial charge in [-0.2, -0.15) is 0 Å². The summed E-state index contributed by atoms with van der Waals surface area (Å²) in [7, 11) is 2.06. The van der Waals surface area contributed by atoms with Gasteiger partial charge in [0.05, 0.1) is 0 Å². The van der Waals surface area contributed by atoms with Gasteiger partial charge in [0.15, 0.2) is 0 Å². The van der Waals surface area contributed by atoms with E-state index >= 15 is 0 Å². The van der Waals surface area contributed by atoms with Crippen molar-refractivity contribution in [3.05, 3.63) is 0 Å². The van der Waals surface area contributed by atoms with E-state index in [1.807, 2.05) is 0 Å². The van der Waals surface area contributed by atoms with Crippen molar-refractivity contribution in [2.45, 2.75) is 25.7 Å². The second kappa shape index (κ2) is 3.49. The number of hydrogen-bond acceptors (Lipinski definition) is 1. The average Bonchev–Trinajstić information content (AvgIpc) is 2.61. The normalized spacial score (nSPS) is 38.6. The van der Waals surface area contributed by atoms with Crippen LogP contribution in [0.3, 0.4) is 0 Å². The highest BCUT2D eigenvalue weighted by molar-refractivity contribution is 5.07. The van der Waals surface area contributed by atoms with E-state index < -0.39 is 0 Å². The van der Waals surface area contributed by atoms with Crippen molar-refractivity contribution < 1.29 is 0 Å². The van der Waals surface area contributed by atoms with Crippen LogP contribution in [-0.4, -0.2) is 13.6 Å². The van der Waals surface area contributed by atoms with Gasteiger partial charge in [-0.3, -0.25) is 0 Å². The summed E-state index contributed by atoms with van der Waals surface area (Å²) in [6, 6.07) is 0. The predicted octanol–water partition coefficient (Wildman–Crippen LogP) is 1.65. The maximum absolute atomic E-state index is 3.29. The highest BCUT2D eigenvalue weighted by Crippen LogP contribution is 2.51. The van der Waals surface area contributed by atoms with Gasteiger partial charge in [-0.05, 0) is 44.2 Å². The molecule has 2 unspecified atom stereocenters. The van der Waals surface area contributed by atoms with E-state index in [1.165, 1.54) is 19.4 Å². The smallest absolute Gasteiger partial charge is 0.00915 e. The van der Waals surface area contributed by atoms with Crippen LogP contribution < -0.4 is 5.32 Å². The molecule has 1 heteroatoms. The third-order valence-electron chi connectivity index (χ3n) is 3.28. The van der Waals surface area contributed by atoms with Gasteiger partial charge < -0.3 is 5.32 Å². The Morgan fingerprint density at radius 1 is 1.17 bits per heavy atom. The zero-order chi connectivity index (χ0) is 8.39. The Kier molecular flexibility index (Phi) is 2.37. The molecule has 2 aliphatic rings. The van der Waals surface area contributed by atoms with Crippen molar-refractivity contribution in [1.29, 1.82) is 0 Å². The number of hydrogen-bond donors (Lipinski definition) is 1. The number of fused-ring (bicyclic) bond motifs is 1. The van der Waals surface area contributed by atoms with Crippen molar-refractivity contribution >= 4 is 0 Å². The SMILES string of the molecule is CNCC1C2CCC#CCCC21. The van der Waals surface area contributed by atoms with Crippen molar-refractivity contribution in [2.75, 3.05) is 13.6 Å². The summed E-state index contributed by atoms with van der Waals surface area (Å²) >= 11 is 0. The number of rotatable bonds is 2. The molecule has 0 aromatic heterocycles. The fraction of sp³-hybridized carbons (Fsp3) is 0.818. The van der Waals surface area contributed by atoms with Gasteiger partial charge in [0.1, 0.15) is 0 Å². The fourth-order valence-electron chi connectivity index (χ4n) is 2.57. The molecule has 0 aromatic rings. The zero-order valence-electron chi connectivity index (χ0n) is 7.77. The van der Waals surface area contributed by atoms with E-state index in [0.29, 0.717) is 0 Å². The molecular formula is C11H17N. The zero-order valence-corrected chi connectivity index (χ0v) is 7.77. The van der Waals surface area contributed by atoms with Crippen LogP contribution in [0.4, 0.5) is 0 Å². The molecule has 2 rings (SSSR count).